The lowest BCUT2D eigenvalue weighted by molar-refractivity contribution is -0.126. The largest absolute Gasteiger partial charge is 0.352 e. The first-order chi connectivity index (χ1) is 13.7. The van der Waals surface area contributed by atoms with Crippen molar-refractivity contribution in [3.63, 3.8) is 0 Å². The summed E-state index contributed by atoms with van der Waals surface area (Å²) in [6.07, 6.45) is 1.03. The van der Waals surface area contributed by atoms with E-state index in [1.165, 1.54) is 6.92 Å². The van der Waals surface area contributed by atoms with Gasteiger partial charge in [0, 0.05) is 30.4 Å². The van der Waals surface area contributed by atoms with Crippen LogP contribution in [0.4, 0.5) is 0 Å². The van der Waals surface area contributed by atoms with Crippen LogP contribution in [-0.4, -0.2) is 41.7 Å². The Morgan fingerprint density at radius 1 is 1.24 bits per heavy atom. The molecule has 3 N–H and O–H groups in total. The number of nitrogens with one attached hydrogen (secondary N) is 3. The molecule has 0 bridgehead atoms. The van der Waals surface area contributed by atoms with Crippen LogP contribution >= 0.6 is 11.6 Å². The zero-order valence-electron chi connectivity index (χ0n) is 15.7. The highest BCUT2D eigenvalue weighted by atomic mass is 35.5. The smallest absolute Gasteiger partial charge is 0.325 e. The molecular formula is C18H21ClN4O5S. The SMILES string of the molecule is Cc1[nH]c(=O)[nH]c(=O)c1S(=O)(=O)N1CCC[C@H](C(=O)NCc2ccc(Cl)cc2)C1. The predicted octanol–water partition coefficient (Wildman–Crippen LogP) is 0.742. The summed E-state index contributed by atoms with van der Waals surface area (Å²) in [7, 11) is -4.15. The van der Waals surface area contributed by atoms with Crippen LogP contribution in [-0.2, 0) is 21.4 Å². The topological polar surface area (TPSA) is 132 Å². The fraction of sp³-hybridized carbons (Fsp3) is 0.389. The maximum Gasteiger partial charge on any atom is 0.325 e. The van der Waals surface area contributed by atoms with Crippen molar-refractivity contribution < 1.29 is 13.2 Å². The van der Waals surface area contributed by atoms with Gasteiger partial charge in [-0.15, -0.1) is 0 Å². The summed E-state index contributed by atoms with van der Waals surface area (Å²) < 4.78 is 27.0. The van der Waals surface area contributed by atoms with Gasteiger partial charge >= 0.3 is 5.69 Å². The van der Waals surface area contributed by atoms with E-state index >= 15 is 0 Å². The monoisotopic (exact) mass is 440 g/mol. The summed E-state index contributed by atoms with van der Waals surface area (Å²) >= 11 is 5.84. The molecule has 156 valence electrons. The molecule has 1 aromatic carbocycles. The number of carbonyl (C=O) groups excluding carboxylic acids is 1. The summed E-state index contributed by atoms with van der Waals surface area (Å²) in [4.78, 5) is 39.7. The Bertz CT molecular complexity index is 1120. The third-order valence-electron chi connectivity index (χ3n) is 4.81. The molecule has 1 aliphatic rings. The number of aromatic amines is 2. The lowest BCUT2D eigenvalue weighted by Gasteiger charge is -2.31. The van der Waals surface area contributed by atoms with E-state index in [1.807, 2.05) is 4.98 Å². The van der Waals surface area contributed by atoms with E-state index in [9.17, 15) is 22.8 Å². The summed E-state index contributed by atoms with van der Waals surface area (Å²) in [5, 5.41) is 3.41. The van der Waals surface area contributed by atoms with Gasteiger partial charge in [-0.05, 0) is 37.5 Å². The van der Waals surface area contributed by atoms with E-state index in [0.29, 0.717) is 24.4 Å². The van der Waals surface area contributed by atoms with Crippen molar-refractivity contribution in [1.29, 1.82) is 0 Å². The Morgan fingerprint density at radius 2 is 1.93 bits per heavy atom. The van der Waals surface area contributed by atoms with Gasteiger partial charge in [-0.2, -0.15) is 4.31 Å². The van der Waals surface area contributed by atoms with Crippen LogP contribution in [0, 0.1) is 12.8 Å². The van der Waals surface area contributed by atoms with Crippen LogP contribution in [0.3, 0.4) is 0 Å². The Morgan fingerprint density at radius 3 is 2.59 bits per heavy atom. The molecule has 3 rings (SSSR count). The molecule has 29 heavy (non-hydrogen) atoms. The molecule has 1 amide bonds. The zero-order valence-corrected chi connectivity index (χ0v) is 17.3. The third-order valence-corrected chi connectivity index (χ3v) is 7.08. The first-order valence-electron chi connectivity index (χ1n) is 9.04. The highest BCUT2D eigenvalue weighted by molar-refractivity contribution is 7.89. The molecule has 1 fully saturated rings. The fourth-order valence-corrected chi connectivity index (χ4v) is 5.19. The van der Waals surface area contributed by atoms with E-state index in [2.05, 4.69) is 10.3 Å². The first-order valence-corrected chi connectivity index (χ1v) is 10.9. The highest BCUT2D eigenvalue weighted by Crippen LogP contribution is 2.23. The van der Waals surface area contributed by atoms with Crippen molar-refractivity contribution in [1.82, 2.24) is 19.6 Å². The van der Waals surface area contributed by atoms with Gasteiger partial charge in [-0.3, -0.25) is 14.6 Å². The minimum atomic E-state index is -4.15. The molecule has 9 nitrogen and oxygen atoms in total. The number of nitrogens with zero attached hydrogens (tertiary/aromatic N) is 1. The van der Waals surface area contributed by atoms with Gasteiger partial charge in [0.25, 0.3) is 5.56 Å². The van der Waals surface area contributed by atoms with Crippen molar-refractivity contribution in [2.24, 2.45) is 5.92 Å². The number of H-pyrrole nitrogens is 2. The van der Waals surface area contributed by atoms with Crippen molar-refractivity contribution in [2.75, 3.05) is 13.1 Å². The molecule has 1 atom stereocenters. The van der Waals surface area contributed by atoms with E-state index in [0.717, 1.165) is 9.87 Å². The normalized spacial score (nSPS) is 17.8. The molecule has 1 saturated heterocycles. The third kappa shape index (κ3) is 4.77. The summed E-state index contributed by atoms with van der Waals surface area (Å²) in [5.41, 5.74) is -0.906. The number of halogens is 1. The quantitative estimate of drug-likeness (QED) is 0.630. The second-order valence-electron chi connectivity index (χ2n) is 6.91. The van der Waals surface area contributed by atoms with Crippen LogP contribution < -0.4 is 16.6 Å². The molecule has 2 aromatic rings. The van der Waals surface area contributed by atoms with E-state index in [-0.39, 0.29) is 24.7 Å². The Labute approximate surface area is 172 Å². The van der Waals surface area contributed by atoms with Crippen LogP contribution in [0.5, 0.6) is 0 Å². The van der Waals surface area contributed by atoms with E-state index in [4.69, 9.17) is 11.6 Å². The minimum absolute atomic E-state index is 0.0342. The van der Waals surface area contributed by atoms with Crippen molar-refractivity contribution >= 4 is 27.5 Å². The summed E-state index contributed by atoms with van der Waals surface area (Å²) in [6.45, 7) is 1.82. The molecule has 1 aromatic heterocycles. The molecule has 1 aliphatic heterocycles. The Balaban J connectivity index is 1.73. The molecule has 0 radical (unpaired) electrons. The number of aromatic nitrogens is 2. The van der Waals surface area contributed by atoms with Gasteiger partial charge in [0.15, 0.2) is 4.90 Å². The number of piperidine rings is 1. The second-order valence-corrected chi connectivity index (χ2v) is 9.22. The number of hydrogen-bond donors (Lipinski definition) is 3. The fourth-order valence-electron chi connectivity index (χ4n) is 3.34. The van der Waals surface area contributed by atoms with Crippen LogP contribution in [0.25, 0.3) is 0 Å². The number of sulfonamides is 1. The van der Waals surface area contributed by atoms with Crippen molar-refractivity contribution in [3.05, 3.63) is 61.4 Å². The van der Waals surface area contributed by atoms with Gasteiger partial charge in [0.1, 0.15) is 0 Å². The maximum absolute atomic E-state index is 13.0. The average Bonchev–Trinajstić information content (AvgIpc) is 2.66. The number of hydrogen-bond acceptors (Lipinski definition) is 5. The minimum Gasteiger partial charge on any atom is -0.352 e. The number of aryl methyl sites for hydroxylation is 1. The predicted molar refractivity (Wildman–Crippen MR) is 107 cm³/mol. The zero-order chi connectivity index (χ0) is 21.2. The van der Waals surface area contributed by atoms with Gasteiger partial charge in [-0.25, -0.2) is 13.2 Å². The molecule has 2 heterocycles. The first kappa shape index (κ1) is 21.3. The van der Waals surface area contributed by atoms with Gasteiger partial charge in [-0.1, -0.05) is 23.7 Å². The van der Waals surface area contributed by atoms with E-state index in [1.54, 1.807) is 24.3 Å². The molecule has 0 aliphatic carbocycles. The standard InChI is InChI=1S/C18H21ClN4O5S/c1-11-15(17(25)22-18(26)21-11)29(27,28)23-8-2-3-13(10-23)16(24)20-9-12-4-6-14(19)7-5-12/h4-7,13H,2-3,8-10H2,1H3,(H,20,24)(H2,21,22,25,26)/t13-/m0/s1. The Kier molecular flexibility index (Phi) is 6.25. The van der Waals surface area contributed by atoms with Crippen LogP contribution in [0.15, 0.2) is 38.8 Å². The second kappa shape index (κ2) is 8.52. The molecule has 0 spiro atoms. The van der Waals surface area contributed by atoms with Gasteiger partial charge in [0.05, 0.1) is 5.92 Å². The van der Waals surface area contributed by atoms with Crippen LogP contribution in [0.2, 0.25) is 5.02 Å². The molecule has 0 unspecified atom stereocenters. The Hall–Kier alpha value is -2.43. The molecule has 0 saturated carbocycles. The summed E-state index contributed by atoms with van der Waals surface area (Å²) in [5.74, 6) is -0.792. The molecule has 11 heteroatoms. The number of rotatable bonds is 5. The van der Waals surface area contributed by atoms with Gasteiger partial charge < -0.3 is 10.3 Å². The van der Waals surface area contributed by atoms with E-state index < -0.39 is 32.1 Å². The molecular weight excluding hydrogens is 420 g/mol. The van der Waals surface area contributed by atoms with Gasteiger partial charge in [0.2, 0.25) is 15.9 Å². The number of benzene rings is 1. The highest BCUT2D eigenvalue weighted by Gasteiger charge is 2.35. The van der Waals surface area contributed by atoms with Crippen LogP contribution in [0.1, 0.15) is 24.1 Å². The average molecular weight is 441 g/mol. The number of carbonyl (C=O) groups is 1. The van der Waals surface area contributed by atoms with Crippen molar-refractivity contribution in [2.45, 2.75) is 31.2 Å². The maximum atomic E-state index is 13.0. The number of amides is 1. The lowest BCUT2D eigenvalue weighted by Crippen LogP contribution is -2.46. The lowest BCUT2D eigenvalue weighted by atomic mass is 9.99. The van der Waals surface area contributed by atoms with Crippen molar-refractivity contribution in [3.8, 4) is 0 Å². The summed E-state index contributed by atoms with van der Waals surface area (Å²) in [6, 6.07) is 7.04.